The Morgan fingerprint density at radius 2 is 1.69 bits per heavy atom. The standard InChI is InChI=1S/C23H27NO2/c25-22(15-18-24-16-5-2-6-17-24)12-9-20-10-13-23(14-11-20)26-19-21-7-3-1-4-8-21/h1,3-4,7-14H,2,5-6,15-19H2/b12-9+. The Morgan fingerprint density at radius 3 is 2.42 bits per heavy atom. The van der Waals surface area contributed by atoms with Gasteiger partial charge in [-0.05, 0) is 55.3 Å². The number of hydrogen-bond acceptors (Lipinski definition) is 3. The zero-order chi connectivity index (χ0) is 18.0. The number of rotatable bonds is 8. The number of ketones is 1. The summed E-state index contributed by atoms with van der Waals surface area (Å²) in [5.41, 5.74) is 2.17. The number of hydrogen-bond donors (Lipinski definition) is 0. The van der Waals surface area contributed by atoms with Gasteiger partial charge in [0, 0.05) is 13.0 Å². The van der Waals surface area contributed by atoms with Gasteiger partial charge in [0.25, 0.3) is 0 Å². The van der Waals surface area contributed by atoms with Crippen LogP contribution in [-0.4, -0.2) is 30.3 Å². The van der Waals surface area contributed by atoms with Crippen molar-refractivity contribution in [2.75, 3.05) is 19.6 Å². The molecule has 3 rings (SSSR count). The lowest BCUT2D eigenvalue weighted by atomic mass is 10.1. The van der Waals surface area contributed by atoms with Crippen LogP contribution in [-0.2, 0) is 11.4 Å². The lowest BCUT2D eigenvalue weighted by Gasteiger charge is -2.25. The summed E-state index contributed by atoms with van der Waals surface area (Å²) >= 11 is 0. The van der Waals surface area contributed by atoms with Gasteiger partial charge in [0.05, 0.1) is 0 Å². The van der Waals surface area contributed by atoms with Crippen LogP contribution in [0.15, 0.2) is 60.7 Å². The molecule has 2 aromatic rings. The molecule has 0 aromatic heterocycles. The van der Waals surface area contributed by atoms with Gasteiger partial charge in [-0.3, -0.25) is 4.79 Å². The molecule has 1 saturated heterocycles. The van der Waals surface area contributed by atoms with Crippen molar-refractivity contribution in [3.05, 3.63) is 71.8 Å². The van der Waals surface area contributed by atoms with Crippen LogP contribution in [0.5, 0.6) is 5.75 Å². The fourth-order valence-electron chi connectivity index (χ4n) is 3.14. The van der Waals surface area contributed by atoms with Crippen LogP contribution >= 0.6 is 0 Å². The van der Waals surface area contributed by atoms with Crippen LogP contribution in [0.1, 0.15) is 36.8 Å². The molecule has 1 heterocycles. The fourth-order valence-corrected chi connectivity index (χ4v) is 3.14. The van der Waals surface area contributed by atoms with Crippen molar-refractivity contribution in [1.29, 1.82) is 0 Å². The topological polar surface area (TPSA) is 29.5 Å². The largest absolute Gasteiger partial charge is 0.489 e. The van der Waals surface area contributed by atoms with Gasteiger partial charge in [0.1, 0.15) is 12.4 Å². The van der Waals surface area contributed by atoms with Crippen LogP contribution in [0.4, 0.5) is 0 Å². The van der Waals surface area contributed by atoms with Gasteiger partial charge >= 0.3 is 0 Å². The highest BCUT2D eigenvalue weighted by Gasteiger charge is 2.10. The third-order valence-electron chi connectivity index (χ3n) is 4.71. The Bertz CT molecular complexity index is 701. The number of carbonyl (C=O) groups excluding carboxylic acids is 1. The van der Waals surface area contributed by atoms with Crippen LogP contribution in [0.25, 0.3) is 6.08 Å². The van der Waals surface area contributed by atoms with Crippen molar-refractivity contribution in [1.82, 2.24) is 4.90 Å². The average Bonchev–Trinajstić information content (AvgIpc) is 2.71. The molecule has 1 aliphatic heterocycles. The molecular weight excluding hydrogens is 322 g/mol. The smallest absolute Gasteiger partial charge is 0.156 e. The van der Waals surface area contributed by atoms with Crippen LogP contribution in [0.2, 0.25) is 0 Å². The second-order valence-electron chi connectivity index (χ2n) is 6.80. The Kier molecular flexibility index (Phi) is 7.03. The highest BCUT2D eigenvalue weighted by Crippen LogP contribution is 2.15. The van der Waals surface area contributed by atoms with Gasteiger partial charge < -0.3 is 9.64 Å². The first-order valence-electron chi connectivity index (χ1n) is 9.50. The first kappa shape index (κ1) is 18.4. The molecule has 1 aliphatic rings. The molecule has 0 bridgehead atoms. The summed E-state index contributed by atoms with van der Waals surface area (Å²) in [6.07, 6.45) is 8.05. The van der Waals surface area contributed by atoms with E-state index in [1.54, 1.807) is 6.08 Å². The predicted molar refractivity (Wildman–Crippen MR) is 106 cm³/mol. The average molecular weight is 349 g/mol. The lowest BCUT2D eigenvalue weighted by molar-refractivity contribution is -0.114. The van der Waals surface area contributed by atoms with Crippen molar-refractivity contribution < 1.29 is 9.53 Å². The van der Waals surface area contributed by atoms with E-state index in [0.717, 1.165) is 36.5 Å². The normalized spacial score (nSPS) is 15.2. The molecule has 1 fully saturated rings. The Morgan fingerprint density at radius 1 is 0.962 bits per heavy atom. The quantitative estimate of drug-likeness (QED) is 0.646. The molecule has 0 N–H and O–H groups in total. The van der Waals surface area contributed by atoms with Crippen molar-refractivity contribution in [3.63, 3.8) is 0 Å². The number of carbonyl (C=O) groups is 1. The first-order chi connectivity index (χ1) is 12.8. The van der Waals surface area contributed by atoms with E-state index in [4.69, 9.17) is 4.74 Å². The van der Waals surface area contributed by atoms with E-state index >= 15 is 0 Å². The number of ether oxygens (including phenoxy) is 1. The maximum Gasteiger partial charge on any atom is 0.156 e. The molecule has 0 atom stereocenters. The number of benzene rings is 2. The molecule has 2 aromatic carbocycles. The summed E-state index contributed by atoms with van der Waals surface area (Å²) < 4.78 is 5.78. The van der Waals surface area contributed by atoms with Crippen molar-refractivity contribution >= 4 is 11.9 Å². The Labute approximate surface area is 156 Å². The third-order valence-corrected chi connectivity index (χ3v) is 4.71. The molecule has 0 radical (unpaired) electrons. The van der Waals surface area contributed by atoms with E-state index in [1.165, 1.54) is 19.3 Å². The summed E-state index contributed by atoms with van der Waals surface area (Å²) in [6.45, 7) is 3.73. The first-order valence-corrected chi connectivity index (χ1v) is 9.50. The van der Waals surface area contributed by atoms with Crippen LogP contribution in [0, 0.1) is 0 Å². The maximum atomic E-state index is 12.0. The van der Waals surface area contributed by atoms with Gasteiger partial charge in [-0.1, -0.05) is 55.0 Å². The molecular formula is C23H27NO2. The second kappa shape index (κ2) is 9.93. The molecule has 0 spiro atoms. The molecule has 136 valence electrons. The van der Waals surface area contributed by atoms with Crippen molar-refractivity contribution in [2.45, 2.75) is 32.3 Å². The molecule has 26 heavy (non-hydrogen) atoms. The number of nitrogens with zero attached hydrogens (tertiary/aromatic N) is 1. The Balaban J connectivity index is 1.42. The SMILES string of the molecule is O=C(/C=C/c1ccc(OCc2ccccc2)cc1)CCN1CCCCC1. The van der Waals surface area contributed by atoms with E-state index < -0.39 is 0 Å². The maximum absolute atomic E-state index is 12.0. The summed E-state index contributed by atoms with van der Waals surface area (Å²) in [4.78, 5) is 14.4. The molecule has 0 unspecified atom stereocenters. The molecule has 3 heteroatoms. The monoisotopic (exact) mass is 349 g/mol. The molecule has 0 amide bonds. The fraction of sp³-hybridized carbons (Fsp3) is 0.348. The zero-order valence-corrected chi connectivity index (χ0v) is 15.3. The van der Waals surface area contributed by atoms with Gasteiger partial charge in [0.15, 0.2) is 5.78 Å². The number of likely N-dealkylation sites (tertiary alicyclic amines) is 1. The van der Waals surface area contributed by atoms with Crippen LogP contribution < -0.4 is 4.74 Å². The van der Waals surface area contributed by atoms with Crippen LogP contribution in [0.3, 0.4) is 0 Å². The molecule has 0 aliphatic carbocycles. The number of piperidine rings is 1. The lowest BCUT2D eigenvalue weighted by Crippen LogP contribution is -2.31. The van der Waals surface area contributed by atoms with E-state index in [0.29, 0.717) is 13.0 Å². The minimum Gasteiger partial charge on any atom is -0.489 e. The summed E-state index contributed by atoms with van der Waals surface area (Å²) in [5.74, 6) is 1.03. The molecule has 3 nitrogen and oxygen atoms in total. The zero-order valence-electron chi connectivity index (χ0n) is 15.3. The minimum absolute atomic E-state index is 0.194. The molecule has 0 saturated carbocycles. The van der Waals surface area contributed by atoms with Gasteiger partial charge in [-0.25, -0.2) is 0 Å². The predicted octanol–water partition coefficient (Wildman–Crippen LogP) is 4.72. The Hall–Kier alpha value is -2.39. The second-order valence-corrected chi connectivity index (χ2v) is 6.80. The number of allylic oxidation sites excluding steroid dienone is 1. The van der Waals surface area contributed by atoms with Gasteiger partial charge in [-0.15, -0.1) is 0 Å². The third kappa shape index (κ3) is 6.16. The van der Waals surface area contributed by atoms with Crippen molar-refractivity contribution in [2.24, 2.45) is 0 Å². The minimum atomic E-state index is 0.194. The summed E-state index contributed by atoms with van der Waals surface area (Å²) in [7, 11) is 0. The van der Waals surface area contributed by atoms with E-state index in [9.17, 15) is 4.79 Å². The van der Waals surface area contributed by atoms with E-state index in [2.05, 4.69) is 4.90 Å². The summed E-state index contributed by atoms with van der Waals surface area (Å²) in [6, 6.07) is 18.0. The van der Waals surface area contributed by atoms with Gasteiger partial charge in [-0.2, -0.15) is 0 Å². The van der Waals surface area contributed by atoms with E-state index in [1.807, 2.05) is 60.7 Å². The highest BCUT2D eigenvalue weighted by molar-refractivity contribution is 5.93. The van der Waals surface area contributed by atoms with Gasteiger partial charge in [0.2, 0.25) is 0 Å². The highest BCUT2D eigenvalue weighted by atomic mass is 16.5. The van der Waals surface area contributed by atoms with E-state index in [-0.39, 0.29) is 5.78 Å². The summed E-state index contributed by atoms with van der Waals surface area (Å²) in [5, 5.41) is 0. The van der Waals surface area contributed by atoms with Crippen molar-refractivity contribution in [3.8, 4) is 5.75 Å².